The van der Waals surface area contributed by atoms with E-state index in [9.17, 15) is 4.79 Å². The number of hydrogen-bond donors (Lipinski definition) is 1. The molecule has 1 aliphatic carbocycles. The van der Waals surface area contributed by atoms with Crippen molar-refractivity contribution in [2.75, 3.05) is 37.6 Å². The molecule has 1 aromatic carbocycles. The van der Waals surface area contributed by atoms with E-state index < -0.39 is 0 Å². The van der Waals surface area contributed by atoms with E-state index >= 15 is 0 Å². The Kier molecular flexibility index (Phi) is 6.32. The third-order valence-electron chi connectivity index (χ3n) is 5.92. The number of carbonyl (C=O) groups is 1. The Balaban J connectivity index is 1.15. The van der Waals surface area contributed by atoms with Gasteiger partial charge in [0.15, 0.2) is 0 Å². The van der Waals surface area contributed by atoms with E-state index in [0.29, 0.717) is 21.7 Å². The van der Waals surface area contributed by atoms with Crippen LogP contribution in [0.5, 0.6) is 0 Å². The van der Waals surface area contributed by atoms with Crippen molar-refractivity contribution >= 4 is 34.8 Å². The molecule has 156 valence electrons. The molecule has 1 saturated heterocycles. The lowest BCUT2D eigenvalue weighted by Gasteiger charge is -2.39. The van der Waals surface area contributed by atoms with Crippen LogP contribution in [-0.2, 0) is 0 Å². The number of piperazine rings is 1. The summed E-state index contributed by atoms with van der Waals surface area (Å²) < 4.78 is 5.02. The quantitative estimate of drug-likeness (QED) is 0.740. The van der Waals surface area contributed by atoms with Gasteiger partial charge in [-0.25, -0.2) is 0 Å². The Bertz CT molecular complexity index is 858. The summed E-state index contributed by atoms with van der Waals surface area (Å²) in [5.74, 6) is 0.811. The van der Waals surface area contributed by atoms with Crippen molar-refractivity contribution in [2.24, 2.45) is 5.92 Å². The molecular weight excluding hydrogens is 411 g/mol. The molecule has 0 atom stereocenters. The number of rotatable bonds is 6. The minimum absolute atomic E-state index is 0.162. The number of hydrogen-bond acceptors (Lipinski definition) is 5. The second-order valence-corrected chi connectivity index (χ2v) is 8.82. The largest absolute Gasteiger partial charge is 0.368 e. The van der Waals surface area contributed by atoms with Gasteiger partial charge in [0.2, 0.25) is 5.76 Å². The third-order valence-corrected chi connectivity index (χ3v) is 6.73. The molecular formula is C21H26Cl2N4O2. The molecule has 8 heteroatoms. The van der Waals surface area contributed by atoms with Crippen LogP contribution in [-0.4, -0.2) is 54.7 Å². The van der Waals surface area contributed by atoms with Gasteiger partial charge in [0.25, 0.3) is 5.91 Å². The van der Waals surface area contributed by atoms with Gasteiger partial charge in [0.1, 0.15) is 0 Å². The number of halogens is 2. The smallest absolute Gasteiger partial charge is 0.290 e. The van der Waals surface area contributed by atoms with Crippen LogP contribution in [0.15, 0.2) is 28.8 Å². The van der Waals surface area contributed by atoms with Crippen molar-refractivity contribution in [1.29, 1.82) is 0 Å². The first-order valence-electron chi connectivity index (χ1n) is 10.1. The van der Waals surface area contributed by atoms with Gasteiger partial charge >= 0.3 is 0 Å². The standard InChI is InChI=1S/C21H26Cl2N4O2/c1-14-11-19(29-25-14)21(28)24-16-12-15(13-16)5-6-26-7-9-27(10-8-26)18-4-2-3-17(22)20(18)23/h2-4,11,15-16H,5-10,12-13H2,1H3,(H,24,28). The molecule has 0 radical (unpaired) electrons. The minimum atomic E-state index is -0.162. The zero-order valence-corrected chi connectivity index (χ0v) is 18.0. The molecule has 29 heavy (non-hydrogen) atoms. The van der Waals surface area contributed by atoms with Gasteiger partial charge in [0.05, 0.1) is 21.4 Å². The summed E-state index contributed by atoms with van der Waals surface area (Å²) in [5, 5.41) is 8.04. The first kappa shape index (κ1) is 20.5. The fourth-order valence-corrected chi connectivity index (χ4v) is 4.55. The van der Waals surface area contributed by atoms with Gasteiger partial charge in [-0.15, -0.1) is 0 Å². The van der Waals surface area contributed by atoms with Crippen molar-refractivity contribution in [3.8, 4) is 0 Å². The first-order valence-corrected chi connectivity index (χ1v) is 10.9. The monoisotopic (exact) mass is 436 g/mol. The molecule has 0 bridgehead atoms. The lowest BCUT2D eigenvalue weighted by atomic mass is 9.78. The number of nitrogens with zero attached hydrogens (tertiary/aromatic N) is 3. The average molecular weight is 437 g/mol. The van der Waals surface area contributed by atoms with Crippen LogP contribution in [0.3, 0.4) is 0 Å². The summed E-state index contributed by atoms with van der Waals surface area (Å²) in [6, 6.07) is 7.73. The Morgan fingerprint density at radius 1 is 1.24 bits per heavy atom. The van der Waals surface area contributed by atoms with Crippen LogP contribution in [0, 0.1) is 12.8 Å². The fourth-order valence-electron chi connectivity index (χ4n) is 4.13. The van der Waals surface area contributed by atoms with E-state index in [2.05, 4.69) is 20.3 Å². The summed E-state index contributed by atoms with van der Waals surface area (Å²) in [6.45, 7) is 6.88. The van der Waals surface area contributed by atoms with E-state index in [-0.39, 0.29) is 11.9 Å². The van der Waals surface area contributed by atoms with Gasteiger partial charge in [-0.05, 0) is 50.8 Å². The third kappa shape index (κ3) is 4.87. The molecule has 1 N–H and O–H groups in total. The Hall–Kier alpha value is -1.76. The summed E-state index contributed by atoms with van der Waals surface area (Å²) in [6.07, 6.45) is 3.25. The summed E-state index contributed by atoms with van der Waals surface area (Å²) >= 11 is 12.5. The Morgan fingerprint density at radius 3 is 2.69 bits per heavy atom. The number of aromatic nitrogens is 1. The van der Waals surface area contributed by atoms with Crippen LogP contribution in [0.25, 0.3) is 0 Å². The first-order chi connectivity index (χ1) is 14.0. The molecule has 6 nitrogen and oxygen atoms in total. The van der Waals surface area contributed by atoms with E-state index in [1.165, 1.54) is 6.42 Å². The number of amides is 1. The van der Waals surface area contributed by atoms with Gasteiger partial charge in [-0.1, -0.05) is 34.4 Å². The van der Waals surface area contributed by atoms with E-state index in [1.807, 2.05) is 25.1 Å². The normalized spacial score (nSPS) is 22.4. The van der Waals surface area contributed by atoms with Crippen LogP contribution in [0.2, 0.25) is 10.0 Å². The Morgan fingerprint density at radius 2 is 2.00 bits per heavy atom. The topological polar surface area (TPSA) is 61.6 Å². The number of nitrogens with one attached hydrogen (secondary N) is 1. The SMILES string of the molecule is Cc1cc(C(=O)NC2CC(CCN3CCN(c4cccc(Cl)c4Cl)CC3)C2)on1. The van der Waals surface area contributed by atoms with Gasteiger partial charge in [-0.2, -0.15) is 0 Å². The second-order valence-electron chi connectivity index (χ2n) is 8.03. The highest BCUT2D eigenvalue weighted by Crippen LogP contribution is 2.33. The van der Waals surface area contributed by atoms with Crippen LogP contribution in [0.1, 0.15) is 35.5 Å². The highest BCUT2D eigenvalue weighted by atomic mass is 35.5. The van der Waals surface area contributed by atoms with Crippen LogP contribution >= 0.6 is 23.2 Å². The second kappa shape index (κ2) is 8.94. The zero-order chi connectivity index (χ0) is 20.4. The minimum Gasteiger partial charge on any atom is -0.368 e. The molecule has 0 spiro atoms. The van der Waals surface area contributed by atoms with Crippen molar-refractivity contribution in [3.63, 3.8) is 0 Å². The van der Waals surface area contributed by atoms with Crippen molar-refractivity contribution in [1.82, 2.24) is 15.4 Å². The van der Waals surface area contributed by atoms with Gasteiger partial charge in [0, 0.05) is 38.3 Å². The molecule has 1 amide bonds. The lowest BCUT2D eigenvalue weighted by molar-refractivity contribution is 0.0840. The van der Waals surface area contributed by atoms with Crippen molar-refractivity contribution in [2.45, 2.75) is 32.2 Å². The summed E-state index contributed by atoms with van der Waals surface area (Å²) in [4.78, 5) is 16.9. The van der Waals surface area contributed by atoms with Gasteiger partial charge in [-0.3, -0.25) is 9.69 Å². The lowest BCUT2D eigenvalue weighted by Crippen LogP contribution is -2.48. The molecule has 4 rings (SSSR count). The number of benzene rings is 1. The average Bonchev–Trinajstić information content (AvgIpc) is 3.12. The molecule has 1 aromatic heterocycles. The highest BCUT2D eigenvalue weighted by molar-refractivity contribution is 6.43. The summed E-state index contributed by atoms with van der Waals surface area (Å²) in [7, 11) is 0. The van der Waals surface area contributed by atoms with Crippen molar-refractivity contribution in [3.05, 3.63) is 45.8 Å². The number of aryl methyl sites for hydroxylation is 1. The molecule has 1 saturated carbocycles. The van der Waals surface area contributed by atoms with E-state index in [4.69, 9.17) is 27.7 Å². The number of anilines is 1. The van der Waals surface area contributed by atoms with E-state index in [0.717, 1.165) is 56.9 Å². The summed E-state index contributed by atoms with van der Waals surface area (Å²) in [5.41, 5.74) is 1.75. The Labute approximate surface area is 181 Å². The van der Waals surface area contributed by atoms with Crippen LogP contribution in [0.4, 0.5) is 5.69 Å². The predicted octanol–water partition coefficient (Wildman–Crippen LogP) is 4.01. The maximum Gasteiger partial charge on any atom is 0.290 e. The molecule has 2 aromatic rings. The highest BCUT2D eigenvalue weighted by Gasteiger charge is 2.31. The molecule has 2 heterocycles. The molecule has 2 fully saturated rings. The fraction of sp³-hybridized carbons (Fsp3) is 0.524. The molecule has 2 aliphatic rings. The van der Waals surface area contributed by atoms with Gasteiger partial charge < -0.3 is 14.7 Å². The predicted molar refractivity (Wildman–Crippen MR) is 115 cm³/mol. The molecule has 1 aliphatic heterocycles. The van der Waals surface area contributed by atoms with Crippen LogP contribution < -0.4 is 10.2 Å². The van der Waals surface area contributed by atoms with Crippen molar-refractivity contribution < 1.29 is 9.32 Å². The maximum atomic E-state index is 12.1. The maximum absolute atomic E-state index is 12.1. The molecule has 0 unspecified atom stereocenters. The number of carbonyl (C=O) groups excluding carboxylic acids is 1. The zero-order valence-electron chi connectivity index (χ0n) is 16.5. The van der Waals surface area contributed by atoms with E-state index in [1.54, 1.807) is 6.07 Å².